The highest BCUT2D eigenvalue weighted by Gasteiger charge is 2.38. The summed E-state index contributed by atoms with van der Waals surface area (Å²) in [5.74, 6) is -1.40. The van der Waals surface area contributed by atoms with Gasteiger partial charge in [0.05, 0.1) is 5.56 Å². The fourth-order valence-corrected chi connectivity index (χ4v) is 1.56. The van der Waals surface area contributed by atoms with Crippen LogP contribution in [0.3, 0.4) is 0 Å². The standard InChI is InChI=1S/C12H5ClF3O2/c13-9-3-1-7(2-4-9)10-5-8(6-17)11(18-10)12(14,15)16/h1-5H. The van der Waals surface area contributed by atoms with Gasteiger partial charge in [-0.15, -0.1) is 0 Å². The highest BCUT2D eigenvalue weighted by Crippen LogP contribution is 2.36. The summed E-state index contributed by atoms with van der Waals surface area (Å²) >= 11 is 5.66. The Morgan fingerprint density at radius 1 is 1.17 bits per heavy atom. The zero-order valence-electron chi connectivity index (χ0n) is 8.72. The minimum absolute atomic E-state index is 0.0580. The second-order valence-electron chi connectivity index (χ2n) is 3.46. The van der Waals surface area contributed by atoms with E-state index in [0.717, 1.165) is 6.07 Å². The van der Waals surface area contributed by atoms with E-state index < -0.39 is 17.5 Å². The van der Waals surface area contributed by atoms with Crippen molar-refractivity contribution < 1.29 is 22.4 Å². The molecular formula is C12H5ClF3O2. The summed E-state index contributed by atoms with van der Waals surface area (Å²) in [5, 5.41) is 0.448. The molecule has 0 fully saturated rings. The van der Waals surface area contributed by atoms with Crippen LogP contribution in [0, 0.1) is 0 Å². The predicted molar refractivity (Wildman–Crippen MR) is 59.0 cm³/mol. The van der Waals surface area contributed by atoms with Gasteiger partial charge in [0.25, 0.3) is 0 Å². The van der Waals surface area contributed by atoms with Crippen molar-refractivity contribution in [2.45, 2.75) is 6.18 Å². The summed E-state index contributed by atoms with van der Waals surface area (Å²) in [7, 11) is 0. The summed E-state index contributed by atoms with van der Waals surface area (Å²) in [4.78, 5) is 10.5. The van der Waals surface area contributed by atoms with Crippen molar-refractivity contribution in [3.05, 3.63) is 46.7 Å². The van der Waals surface area contributed by atoms with E-state index in [2.05, 4.69) is 4.42 Å². The monoisotopic (exact) mass is 273 g/mol. The third kappa shape index (κ3) is 2.41. The Hall–Kier alpha value is -1.75. The molecule has 1 aromatic carbocycles. The molecule has 0 bridgehead atoms. The summed E-state index contributed by atoms with van der Waals surface area (Å²) in [6, 6.07) is 7.01. The van der Waals surface area contributed by atoms with Crippen LogP contribution in [0.2, 0.25) is 5.02 Å². The molecule has 1 heterocycles. The van der Waals surface area contributed by atoms with Gasteiger partial charge in [-0.05, 0) is 30.3 Å². The maximum absolute atomic E-state index is 12.5. The normalized spacial score (nSPS) is 11.6. The lowest BCUT2D eigenvalue weighted by atomic mass is 10.1. The van der Waals surface area contributed by atoms with Crippen LogP contribution in [0.15, 0.2) is 34.7 Å². The van der Waals surface area contributed by atoms with E-state index in [4.69, 9.17) is 11.6 Å². The molecule has 0 atom stereocenters. The molecule has 0 aliphatic heterocycles. The van der Waals surface area contributed by atoms with E-state index >= 15 is 0 Å². The van der Waals surface area contributed by atoms with E-state index in [9.17, 15) is 18.0 Å². The lowest BCUT2D eigenvalue weighted by Gasteiger charge is -2.02. The van der Waals surface area contributed by atoms with Crippen molar-refractivity contribution in [1.29, 1.82) is 0 Å². The molecular weight excluding hydrogens is 269 g/mol. The molecule has 1 radical (unpaired) electrons. The van der Waals surface area contributed by atoms with E-state index in [0.29, 0.717) is 10.6 Å². The Labute approximate surface area is 105 Å². The number of hydrogen-bond donors (Lipinski definition) is 0. The number of halogens is 4. The van der Waals surface area contributed by atoms with E-state index in [1.807, 2.05) is 0 Å². The van der Waals surface area contributed by atoms with Gasteiger partial charge in [0, 0.05) is 10.6 Å². The fourth-order valence-electron chi connectivity index (χ4n) is 1.43. The van der Waals surface area contributed by atoms with Crippen LogP contribution in [0.5, 0.6) is 0 Å². The number of benzene rings is 1. The number of furan rings is 1. The molecule has 18 heavy (non-hydrogen) atoms. The third-order valence-corrected chi connectivity index (χ3v) is 2.48. The zero-order valence-corrected chi connectivity index (χ0v) is 9.47. The molecule has 0 saturated carbocycles. The van der Waals surface area contributed by atoms with E-state index in [1.54, 1.807) is 0 Å². The molecule has 0 aliphatic carbocycles. The summed E-state index contributed by atoms with van der Waals surface area (Å²) in [6.45, 7) is 0. The summed E-state index contributed by atoms with van der Waals surface area (Å²) in [6.07, 6.45) is -3.51. The second-order valence-corrected chi connectivity index (χ2v) is 3.90. The molecule has 2 rings (SSSR count). The topological polar surface area (TPSA) is 30.2 Å². The van der Waals surface area contributed by atoms with Gasteiger partial charge in [0.15, 0.2) is 0 Å². The van der Waals surface area contributed by atoms with Gasteiger partial charge in [-0.25, -0.2) is 0 Å². The van der Waals surface area contributed by atoms with Crippen molar-refractivity contribution in [3.63, 3.8) is 0 Å². The molecule has 0 unspecified atom stereocenters. The first kappa shape index (κ1) is 12.7. The largest absolute Gasteiger partial charge is 0.451 e. The van der Waals surface area contributed by atoms with Crippen LogP contribution in [-0.4, -0.2) is 6.29 Å². The lowest BCUT2D eigenvalue weighted by molar-refractivity contribution is -0.152. The molecule has 1 aromatic heterocycles. The first-order valence-corrected chi connectivity index (χ1v) is 5.14. The van der Waals surface area contributed by atoms with E-state index in [-0.39, 0.29) is 5.76 Å². The van der Waals surface area contributed by atoms with Gasteiger partial charge in [-0.1, -0.05) is 11.6 Å². The van der Waals surface area contributed by atoms with Gasteiger partial charge < -0.3 is 4.42 Å². The Balaban J connectivity index is 2.50. The maximum Gasteiger partial charge on any atom is 0.450 e. The first-order chi connectivity index (χ1) is 8.41. The minimum atomic E-state index is -4.72. The minimum Gasteiger partial charge on any atom is -0.451 e. The van der Waals surface area contributed by atoms with Crippen molar-refractivity contribution in [3.8, 4) is 11.3 Å². The average Bonchev–Trinajstić information content (AvgIpc) is 2.73. The molecule has 0 aliphatic rings. The summed E-state index contributed by atoms with van der Waals surface area (Å²) in [5.41, 5.74) is -0.251. The highest BCUT2D eigenvalue weighted by atomic mass is 35.5. The Kier molecular flexibility index (Phi) is 3.17. The molecule has 2 nitrogen and oxygen atoms in total. The van der Waals surface area contributed by atoms with Crippen LogP contribution < -0.4 is 0 Å². The lowest BCUT2D eigenvalue weighted by Crippen LogP contribution is -2.05. The third-order valence-electron chi connectivity index (χ3n) is 2.23. The second kappa shape index (κ2) is 4.49. The van der Waals surface area contributed by atoms with E-state index in [1.165, 1.54) is 30.6 Å². The van der Waals surface area contributed by atoms with Gasteiger partial charge >= 0.3 is 6.18 Å². The maximum atomic E-state index is 12.5. The van der Waals surface area contributed by atoms with Crippen molar-refractivity contribution in [2.24, 2.45) is 0 Å². The van der Waals surface area contributed by atoms with Crippen LogP contribution in [0.1, 0.15) is 11.3 Å². The molecule has 0 amide bonds. The molecule has 93 valence electrons. The number of alkyl halides is 3. The Morgan fingerprint density at radius 3 is 2.22 bits per heavy atom. The summed E-state index contributed by atoms with van der Waals surface area (Å²) < 4.78 is 42.3. The quantitative estimate of drug-likeness (QED) is 0.825. The Morgan fingerprint density at radius 2 is 1.78 bits per heavy atom. The SMILES string of the molecule is O=[C]c1cc(-c2ccc(Cl)cc2)oc1C(F)(F)F. The molecule has 0 N–H and O–H groups in total. The van der Waals surface area contributed by atoms with Gasteiger partial charge in [-0.3, -0.25) is 4.79 Å². The number of hydrogen-bond acceptors (Lipinski definition) is 2. The fraction of sp³-hybridized carbons (Fsp3) is 0.0833. The molecule has 6 heteroatoms. The van der Waals surface area contributed by atoms with Gasteiger partial charge in [0.2, 0.25) is 12.0 Å². The zero-order chi connectivity index (χ0) is 13.3. The van der Waals surface area contributed by atoms with Crippen molar-refractivity contribution >= 4 is 17.9 Å². The van der Waals surface area contributed by atoms with Crippen molar-refractivity contribution in [1.82, 2.24) is 0 Å². The average molecular weight is 274 g/mol. The van der Waals surface area contributed by atoms with Gasteiger partial charge in [-0.2, -0.15) is 13.2 Å². The predicted octanol–water partition coefficient (Wildman–Crippen LogP) is 4.08. The van der Waals surface area contributed by atoms with Crippen molar-refractivity contribution in [2.75, 3.05) is 0 Å². The van der Waals surface area contributed by atoms with Crippen LogP contribution in [0.25, 0.3) is 11.3 Å². The number of carbonyl (C=O) groups excluding carboxylic acids is 1. The number of rotatable bonds is 2. The van der Waals surface area contributed by atoms with Gasteiger partial charge in [0.1, 0.15) is 5.76 Å². The molecule has 2 aromatic rings. The highest BCUT2D eigenvalue weighted by molar-refractivity contribution is 6.30. The smallest absolute Gasteiger partial charge is 0.450 e. The molecule has 0 spiro atoms. The molecule has 0 saturated heterocycles. The van der Waals surface area contributed by atoms with Crippen LogP contribution >= 0.6 is 11.6 Å². The van der Waals surface area contributed by atoms with Crippen LogP contribution in [0.4, 0.5) is 13.2 Å². The Bertz CT molecular complexity index is 570. The first-order valence-electron chi connectivity index (χ1n) is 4.77. The van der Waals surface area contributed by atoms with Crippen LogP contribution in [-0.2, 0) is 11.0 Å².